The maximum Gasteiger partial charge on any atom is 0.277 e. The van der Waals surface area contributed by atoms with Gasteiger partial charge >= 0.3 is 0 Å². The fraction of sp³-hybridized carbons (Fsp3) is 0.545. The van der Waals surface area contributed by atoms with Crippen molar-refractivity contribution < 1.29 is 4.52 Å². The second-order valence-corrected chi connectivity index (χ2v) is 5.32. The molecule has 2 aromatic rings. The monoisotopic (exact) mass is 267 g/mol. The fourth-order valence-corrected chi connectivity index (χ4v) is 2.13. The Hall–Kier alpha value is -1.31. The highest BCUT2D eigenvalue weighted by molar-refractivity contribution is 7.10. The maximum atomic E-state index is 5.77. The normalized spacial score (nSPS) is 13.2. The van der Waals surface area contributed by atoms with Gasteiger partial charge in [-0.15, -0.1) is 11.3 Å². The topological polar surface area (TPSA) is 81.1 Å². The number of rotatable bonds is 5. The summed E-state index contributed by atoms with van der Waals surface area (Å²) in [5.74, 6) is 1.17. The standard InChI is InChI=1S/C11H17N5OS/c1-7(12)11-13-8(6-18-11)10-14-9(15-17-10)4-5-16(2)3/h6-7H,4-5,12H2,1-3H3. The minimum Gasteiger partial charge on any atom is -0.332 e. The van der Waals surface area contributed by atoms with Crippen LogP contribution in [0.2, 0.25) is 0 Å². The lowest BCUT2D eigenvalue weighted by Crippen LogP contribution is -2.15. The predicted octanol–water partition coefficient (Wildman–Crippen LogP) is 1.32. The smallest absolute Gasteiger partial charge is 0.277 e. The van der Waals surface area contributed by atoms with Gasteiger partial charge < -0.3 is 15.2 Å². The van der Waals surface area contributed by atoms with Crippen molar-refractivity contribution in [1.82, 2.24) is 20.0 Å². The number of thiazole rings is 1. The first-order valence-electron chi connectivity index (χ1n) is 5.75. The van der Waals surface area contributed by atoms with Crippen molar-refractivity contribution in [2.24, 2.45) is 5.73 Å². The molecule has 2 rings (SSSR count). The van der Waals surface area contributed by atoms with Crippen molar-refractivity contribution in [3.05, 3.63) is 16.2 Å². The van der Waals surface area contributed by atoms with Crippen LogP contribution in [-0.4, -0.2) is 40.7 Å². The molecule has 98 valence electrons. The van der Waals surface area contributed by atoms with Crippen molar-refractivity contribution in [2.75, 3.05) is 20.6 Å². The van der Waals surface area contributed by atoms with E-state index in [1.807, 2.05) is 26.4 Å². The lowest BCUT2D eigenvalue weighted by atomic mass is 10.4. The van der Waals surface area contributed by atoms with E-state index in [4.69, 9.17) is 10.3 Å². The molecule has 2 aromatic heterocycles. The zero-order chi connectivity index (χ0) is 13.1. The lowest BCUT2D eigenvalue weighted by molar-refractivity contribution is 0.392. The summed E-state index contributed by atoms with van der Waals surface area (Å²) in [6.45, 7) is 2.79. The number of hydrogen-bond donors (Lipinski definition) is 1. The molecule has 7 heteroatoms. The highest BCUT2D eigenvalue weighted by Crippen LogP contribution is 2.23. The zero-order valence-electron chi connectivity index (χ0n) is 10.8. The van der Waals surface area contributed by atoms with Gasteiger partial charge in [-0.2, -0.15) is 4.98 Å². The van der Waals surface area contributed by atoms with E-state index in [1.54, 1.807) is 0 Å². The molecule has 0 aliphatic rings. The maximum absolute atomic E-state index is 5.77. The van der Waals surface area contributed by atoms with E-state index in [9.17, 15) is 0 Å². The number of aromatic nitrogens is 3. The summed E-state index contributed by atoms with van der Waals surface area (Å²) < 4.78 is 5.20. The Balaban J connectivity index is 2.08. The van der Waals surface area contributed by atoms with Gasteiger partial charge in [0.15, 0.2) is 5.82 Å². The van der Waals surface area contributed by atoms with Crippen LogP contribution >= 0.6 is 11.3 Å². The average molecular weight is 267 g/mol. The molecule has 18 heavy (non-hydrogen) atoms. The minimum absolute atomic E-state index is 0.0696. The molecule has 2 heterocycles. The van der Waals surface area contributed by atoms with Gasteiger partial charge in [0.05, 0.1) is 6.04 Å². The summed E-state index contributed by atoms with van der Waals surface area (Å²) in [7, 11) is 4.02. The summed E-state index contributed by atoms with van der Waals surface area (Å²) in [5.41, 5.74) is 6.47. The molecule has 0 amide bonds. The Labute approximate surface area is 110 Å². The van der Waals surface area contributed by atoms with Crippen molar-refractivity contribution in [1.29, 1.82) is 0 Å². The number of likely N-dealkylation sites (N-methyl/N-ethyl adjacent to an activating group) is 1. The molecule has 0 aliphatic heterocycles. The van der Waals surface area contributed by atoms with E-state index >= 15 is 0 Å². The molecule has 0 saturated heterocycles. The number of nitrogens with zero attached hydrogens (tertiary/aromatic N) is 4. The van der Waals surface area contributed by atoms with Crippen LogP contribution in [0.1, 0.15) is 23.8 Å². The van der Waals surface area contributed by atoms with E-state index in [-0.39, 0.29) is 6.04 Å². The van der Waals surface area contributed by atoms with Gasteiger partial charge in [-0.05, 0) is 21.0 Å². The molecule has 6 nitrogen and oxygen atoms in total. The van der Waals surface area contributed by atoms with Crippen LogP contribution in [0.4, 0.5) is 0 Å². The highest BCUT2D eigenvalue weighted by Gasteiger charge is 2.14. The van der Waals surface area contributed by atoms with Crippen LogP contribution in [0.5, 0.6) is 0 Å². The quantitative estimate of drug-likeness (QED) is 0.880. The van der Waals surface area contributed by atoms with Gasteiger partial charge in [-0.25, -0.2) is 4.98 Å². The van der Waals surface area contributed by atoms with Gasteiger partial charge in [0, 0.05) is 18.3 Å². The molecule has 0 fully saturated rings. The van der Waals surface area contributed by atoms with E-state index < -0.39 is 0 Å². The third-order valence-electron chi connectivity index (χ3n) is 2.38. The first-order valence-corrected chi connectivity index (χ1v) is 6.63. The molecular formula is C11H17N5OS. The molecule has 0 bridgehead atoms. The van der Waals surface area contributed by atoms with Crippen molar-refractivity contribution in [3.8, 4) is 11.6 Å². The van der Waals surface area contributed by atoms with Gasteiger partial charge in [0.25, 0.3) is 5.89 Å². The largest absolute Gasteiger partial charge is 0.332 e. The van der Waals surface area contributed by atoms with Crippen LogP contribution in [0.3, 0.4) is 0 Å². The van der Waals surface area contributed by atoms with E-state index in [1.165, 1.54) is 11.3 Å². The van der Waals surface area contributed by atoms with Crippen LogP contribution in [0, 0.1) is 0 Å². The highest BCUT2D eigenvalue weighted by atomic mass is 32.1. The van der Waals surface area contributed by atoms with Crippen molar-refractivity contribution in [3.63, 3.8) is 0 Å². The minimum atomic E-state index is -0.0696. The summed E-state index contributed by atoms with van der Waals surface area (Å²) in [6, 6.07) is -0.0696. The summed E-state index contributed by atoms with van der Waals surface area (Å²) >= 11 is 1.51. The van der Waals surface area contributed by atoms with Crippen LogP contribution < -0.4 is 5.73 Å². The van der Waals surface area contributed by atoms with Crippen molar-refractivity contribution >= 4 is 11.3 Å². The van der Waals surface area contributed by atoms with Gasteiger partial charge in [0.1, 0.15) is 10.7 Å². The second kappa shape index (κ2) is 5.55. The lowest BCUT2D eigenvalue weighted by Gasteiger charge is -2.05. The van der Waals surface area contributed by atoms with E-state index in [0.29, 0.717) is 17.4 Å². The Bertz CT molecular complexity index is 505. The van der Waals surface area contributed by atoms with Crippen LogP contribution in [0.25, 0.3) is 11.6 Å². The summed E-state index contributed by atoms with van der Waals surface area (Å²) in [4.78, 5) is 10.8. The summed E-state index contributed by atoms with van der Waals surface area (Å²) in [5, 5.41) is 6.70. The molecule has 2 N–H and O–H groups in total. The van der Waals surface area contributed by atoms with Crippen LogP contribution in [-0.2, 0) is 6.42 Å². The average Bonchev–Trinajstić information content (AvgIpc) is 2.95. The zero-order valence-corrected chi connectivity index (χ0v) is 11.6. The molecular weight excluding hydrogens is 250 g/mol. The fourth-order valence-electron chi connectivity index (χ4n) is 1.38. The third-order valence-corrected chi connectivity index (χ3v) is 3.43. The van der Waals surface area contributed by atoms with Crippen LogP contribution in [0.15, 0.2) is 9.90 Å². The summed E-state index contributed by atoms with van der Waals surface area (Å²) in [6.07, 6.45) is 0.765. The third kappa shape index (κ3) is 3.12. The molecule has 0 saturated carbocycles. The van der Waals surface area contributed by atoms with Crippen molar-refractivity contribution in [2.45, 2.75) is 19.4 Å². The SMILES string of the molecule is CC(N)c1nc(-c2nc(CCN(C)C)no2)cs1. The van der Waals surface area contributed by atoms with Gasteiger partial charge in [-0.3, -0.25) is 0 Å². The van der Waals surface area contributed by atoms with Gasteiger partial charge in [0.2, 0.25) is 0 Å². The molecule has 1 unspecified atom stereocenters. The molecule has 0 radical (unpaired) electrons. The van der Waals surface area contributed by atoms with Gasteiger partial charge in [-0.1, -0.05) is 5.16 Å². The second-order valence-electron chi connectivity index (χ2n) is 4.43. The van der Waals surface area contributed by atoms with E-state index in [0.717, 1.165) is 18.0 Å². The Kier molecular flexibility index (Phi) is 4.05. The van der Waals surface area contributed by atoms with E-state index in [2.05, 4.69) is 20.0 Å². The Morgan fingerprint density at radius 1 is 1.44 bits per heavy atom. The number of hydrogen-bond acceptors (Lipinski definition) is 7. The molecule has 0 spiro atoms. The number of nitrogens with two attached hydrogens (primary N) is 1. The molecule has 0 aromatic carbocycles. The Morgan fingerprint density at radius 2 is 2.22 bits per heavy atom. The first kappa shape index (κ1) is 13.1. The Morgan fingerprint density at radius 3 is 2.83 bits per heavy atom. The first-order chi connectivity index (χ1) is 8.56. The molecule has 1 atom stereocenters. The molecule has 0 aliphatic carbocycles. The predicted molar refractivity (Wildman–Crippen MR) is 70.3 cm³/mol.